The number of benzene rings is 2. The summed E-state index contributed by atoms with van der Waals surface area (Å²) in [5, 5.41) is 11.6. The second-order valence-corrected chi connectivity index (χ2v) is 4.34. The summed E-state index contributed by atoms with van der Waals surface area (Å²) in [7, 11) is 0. The average molecular weight is 286 g/mol. The molecule has 0 aliphatic heterocycles. The van der Waals surface area contributed by atoms with Crippen LogP contribution < -0.4 is 15.8 Å². The van der Waals surface area contributed by atoms with Gasteiger partial charge in [-0.1, -0.05) is 12.1 Å². The van der Waals surface area contributed by atoms with E-state index in [1.807, 2.05) is 0 Å². The third kappa shape index (κ3) is 3.50. The standard InChI is InChI=1S/C15H14N2O4/c1-9(18)17-12-4-2-3-5-13(12)21-14-8-10(15(19)20)6-7-11(14)16/h2-8H,16H2,1H3,(H,17,18)(H,19,20). The molecule has 2 aromatic carbocycles. The summed E-state index contributed by atoms with van der Waals surface area (Å²) in [6.45, 7) is 1.39. The van der Waals surface area contributed by atoms with Crippen molar-refractivity contribution in [3.63, 3.8) is 0 Å². The summed E-state index contributed by atoms with van der Waals surface area (Å²) in [6.07, 6.45) is 0. The molecule has 6 heteroatoms. The molecule has 1 amide bonds. The number of nitrogen functional groups attached to an aromatic ring is 1. The highest BCUT2D eigenvalue weighted by molar-refractivity contribution is 5.91. The van der Waals surface area contributed by atoms with Gasteiger partial charge in [-0.2, -0.15) is 0 Å². The summed E-state index contributed by atoms with van der Waals surface area (Å²) in [5.74, 6) is -0.719. The Morgan fingerprint density at radius 3 is 2.52 bits per heavy atom. The molecular weight excluding hydrogens is 272 g/mol. The highest BCUT2D eigenvalue weighted by Gasteiger charge is 2.11. The number of carboxylic acids is 1. The molecule has 0 aromatic heterocycles. The number of ether oxygens (including phenoxy) is 1. The van der Waals surface area contributed by atoms with Crippen molar-refractivity contribution in [2.75, 3.05) is 11.1 Å². The summed E-state index contributed by atoms with van der Waals surface area (Å²) in [4.78, 5) is 22.1. The molecule has 0 saturated heterocycles. The van der Waals surface area contributed by atoms with Crippen LogP contribution in [0.1, 0.15) is 17.3 Å². The van der Waals surface area contributed by atoms with E-state index in [4.69, 9.17) is 15.6 Å². The van der Waals surface area contributed by atoms with Gasteiger partial charge in [0, 0.05) is 6.92 Å². The van der Waals surface area contributed by atoms with Gasteiger partial charge in [0.2, 0.25) is 5.91 Å². The van der Waals surface area contributed by atoms with Crippen molar-refractivity contribution < 1.29 is 19.4 Å². The van der Waals surface area contributed by atoms with E-state index in [0.717, 1.165) is 0 Å². The smallest absolute Gasteiger partial charge is 0.335 e. The third-order valence-electron chi connectivity index (χ3n) is 2.68. The maximum atomic E-state index is 11.2. The molecule has 4 N–H and O–H groups in total. The van der Waals surface area contributed by atoms with E-state index in [-0.39, 0.29) is 17.2 Å². The molecule has 0 aliphatic carbocycles. The van der Waals surface area contributed by atoms with Gasteiger partial charge >= 0.3 is 5.97 Å². The quantitative estimate of drug-likeness (QED) is 0.750. The Hall–Kier alpha value is -3.02. The molecule has 6 nitrogen and oxygen atoms in total. The summed E-state index contributed by atoms with van der Waals surface area (Å²) >= 11 is 0. The van der Waals surface area contributed by atoms with Crippen molar-refractivity contribution in [3.8, 4) is 11.5 Å². The lowest BCUT2D eigenvalue weighted by Crippen LogP contribution is -2.07. The molecule has 0 bridgehead atoms. The van der Waals surface area contributed by atoms with E-state index in [1.165, 1.54) is 25.1 Å². The zero-order valence-electron chi connectivity index (χ0n) is 11.3. The van der Waals surface area contributed by atoms with Gasteiger partial charge in [0.1, 0.15) is 0 Å². The zero-order valence-corrected chi connectivity index (χ0v) is 11.3. The number of anilines is 2. The van der Waals surface area contributed by atoms with Crippen LogP contribution in [0.3, 0.4) is 0 Å². The van der Waals surface area contributed by atoms with Crippen molar-refractivity contribution in [1.29, 1.82) is 0 Å². The van der Waals surface area contributed by atoms with Gasteiger partial charge in [0.15, 0.2) is 11.5 Å². The number of para-hydroxylation sites is 2. The monoisotopic (exact) mass is 286 g/mol. The molecule has 108 valence electrons. The topological polar surface area (TPSA) is 102 Å². The number of hydrogen-bond donors (Lipinski definition) is 3. The SMILES string of the molecule is CC(=O)Nc1ccccc1Oc1cc(C(=O)O)ccc1N. The maximum Gasteiger partial charge on any atom is 0.335 e. The molecule has 0 radical (unpaired) electrons. The van der Waals surface area contributed by atoms with Gasteiger partial charge < -0.3 is 20.9 Å². The zero-order chi connectivity index (χ0) is 15.4. The number of rotatable bonds is 4. The number of carbonyl (C=O) groups is 2. The first kappa shape index (κ1) is 14.4. The first-order valence-corrected chi connectivity index (χ1v) is 6.14. The Morgan fingerprint density at radius 2 is 1.86 bits per heavy atom. The molecule has 0 heterocycles. The fourth-order valence-corrected chi connectivity index (χ4v) is 1.72. The van der Waals surface area contributed by atoms with Crippen LogP contribution in [0.2, 0.25) is 0 Å². The average Bonchev–Trinajstić information content (AvgIpc) is 2.42. The lowest BCUT2D eigenvalue weighted by molar-refractivity contribution is -0.114. The van der Waals surface area contributed by atoms with Gasteiger partial charge in [0.05, 0.1) is 16.9 Å². The van der Waals surface area contributed by atoms with Crippen molar-refractivity contribution >= 4 is 23.3 Å². The van der Waals surface area contributed by atoms with Crippen molar-refractivity contribution in [3.05, 3.63) is 48.0 Å². The van der Waals surface area contributed by atoms with Gasteiger partial charge in [0.25, 0.3) is 0 Å². The second kappa shape index (κ2) is 5.96. The van der Waals surface area contributed by atoms with Crippen LogP contribution >= 0.6 is 0 Å². The van der Waals surface area contributed by atoms with Crippen molar-refractivity contribution in [2.24, 2.45) is 0 Å². The van der Waals surface area contributed by atoms with E-state index in [0.29, 0.717) is 17.1 Å². The first-order chi connectivity index (χ1) is 9.97. The van der Waals surface area contributed by atoms with E-state index in [1.54, 1.807) is 24.3 Å². The summed E-state index contributed by atoms with van der Waals surface area (Å²) in [6, 6.07) is 11.0. The van der Waals surface area contributed by atoms with Crippen molar-refractivity contribution in [1.82, 2.24) is 0 Å². The second-order valence-electron chi connectivity index (χ2n) is 4.34. The molecule has 21 heavy (non-hydrogen) atoms. The molecule has 0 fully saturated rings. The number of nitrogens with two attached hydrogens (primary N) is 1. The van der Waals surface area contributed by atoms with Gasteiger partial charge in [-0.3, -0.25) is 4.79 Å². The molecule has 0 spiro atoms. The predicted octanol–water partition coefficient (Wildman–Crippen LogP) is 2.72. The minimum atomic E-state index is -1.07. The van der Waals surface area contributed by atoms with Crippen LogP contribution in [-0.4, -0.2) is 17.0 Å². The van der Waals surface area contributed by atoms with Gasteiger partial charge in [-0.25, -0.2) is 4.79 Å². The lowest BCUT2D eigenvalue weighted by atomic mass is 10.2. The summed E-state index contributed by atoms with van der Waals surface area (Å²) in [5.41, 5.74) is 6.63. The number of nitrogens with one attached hydrogen (secondary N) is 1. The summed E-state index contributed by atoms with van der Waals surface area (Å²) < 4.78 is 5.63. The third-order valence-corrected chi connectivity index (χ3v) is 2.68. The lowest BCUT2D eigenvalue weighted by Gasteiger charge is -2.13. The Morgan fingerprint density at radius 1 is 1.14 bits per heavy atom. The molecule has 0 atom stereocenters. The highest BCUT2D eigenvalue weighted by atomic mass is 16.5. The molecule has 0 unspecified atom stereocenters. The van der Waals surface area contributed by atoms with E-state index >= 15 is 0 Å². The number of aromatic carboxylic acids is 1. The van der Waals surface area contributed by atoms with E-state index < -0.39 is 5.97 Å². The van der Waals surface area contributed by atoms with Crippen LogP contribution in [0.5, 0.6) is 11.5 Å². The largest absolute Gasteiger partial charge is 0.478 e. The highest BCUT2D eigenvalue weighted by Crippen LogP contribution is 2.33. The first-order valence-electron chi connectivity index (χ1n) is 6.14. The Kier molecular flexibility index (Phi) is 4.08. The maximum absolute atomic E-state index is 11.2. The van der Waals surface area contributed by atoms with Crippen LogP contribution in [0, 0.1) is 0 Å². The van der Waals surface area contributed by atoms with Gasteiger partial charge in [-0.15, -0.1) is 0 Å². The fourth-order valence-electron chi connectivity index (χ4n) is 1.72. The normalized spacial score (nSPS) is 9.95. The van der Waals surface area contributed by atoms with Gasteiger partial charge in [-0.05, 0) is 30.3 Å². The fraction of sp³-hybridized carbons (Fsp3) is 0.0667. The minimum absolute atomic E-state index is 0.0659. The van der Waals surface area contributed by atoms with Crippen LogP contribution in [-0.2, 0) is 4.79 Å². The Balaban J connectivity index is 2.36. The minimum Gasteiger partial charge on any atom is -0.478 e. The van der Waals surface area contributed by atoms with Crippen LogP contribution in [0.25, 0.3) is 0 Å². The molecule has 2 aromatic rings. The Bertz CT molecular complexity index is 698. The molecule has 2 rings (SSSR count). The molecular formula is C15H14N2O4. The number of hydrogen-bond acceptors (Lipinski definition) is 4. The van der Waals surface area contributed by atoms with E-state index in [2.05, 4.69) is 5.32 Å². The Labute approximate surface area is 121 Å². The van der Waals surface area contributed by atoms with E-state index in [9.17, 15) is 9.59 Å². The number of carbonyl (C=O) groups excluding carboxylic acids is 1. The number of carboxylic acid groups (broad SMARTS) is 1. The molecule has 0 aliphatic rings. The molecule has 0 saturated carbocycles. The van der Waals surface area contributed by atoms with Crippen LogP contribution in [0.15, 0.2) is 42.5 Å². The van der Waals surface area contributed by atoms with Crippen molar-refractivity contribution in [2.45, 2.75) is 6.92 Å². The number of amides is 1. The van der Waals surface area contributed by atoms with Crippen LogP contribution in [0.4, 0.5) is 11.4 Å². The predicted molar refractivity (Wildman–Crippen MR) is 78.6 cm³/mol.